The van der Waals surface area contributed by atoms with Crippen molar-refractivity contribution in [2.75, 3.05) is 11.4 Å². The Morgan fingerprint density at radius 1 is 1.19 bits per heavy atom. The van der Waals surface area contributed by atoms with Gasteiger partial charge in [-0.05, 0) is 36.8 Å². The Kier molecular flexibility index (Phi) is 5.39. The number of amidine groups is 1. The van der Waals surface area contributed by atoms with E-state index in [2.05, 4.69) is 39.9 Å². The summed E-state index contributed by atoms with van der Waals surface area (Å²) in [6.07, 6.45) is 2.21. The minimum Gasteiger partial charge on any atom is -0.384 e. The second kappa shape index (κ2) is 7.27. The van der Waals surface area contributed by atoms with Crippen molar-refractivity contribution in [1.82, 2.24) is 0 Å². The van der Waals surface area contributed by atoms with Gasteiger partial charge in [0.1, 0.15) is 5.84 Å². The summed E-state index contributed by atoms with van der Waals surface area (Å²) in [4.78, 5) is 2.23. The molecular formula is C17H20BrN3. The fourth-order valence-corrected chi connectivity index (χ4v) is 2.63. The minimum atomic E-state index is 0.0868. The maximum Gasteiger partial charge on any atom is 0.124 e. The number of hydrogen-bond acceptors (Lipinski definition) is 2. The topological polar surface area (TPSA) is 53.1 Å². The highest BCUT2D eigenvalue weighted by Crippen LogP contribution is 2.30. The predicted octanol–water partition coefficient (Wildman–Crippen LogP) is 4.67. The number of unbranched alkanes of at least 4 members (excludes halogenated alkanes) is 1. The van der Waals surface area contributed by atoms with Crippen LogP contribution in [0.25, 0.3) is 0 Å². The Morgan fingerprint density at radius 3 is 2.52 bits per heavy atom. The summed E-state index contributed by atoms with van der Waals surface area (Å²) < 4.78 is 0.931. The third-order valence-corrected chi connectivity index (χ3v) is 3.84. The lowest BCUT2D eigenvalue weighted by atomic mass is 10.1. The number of rotatable bonds is 6. The Hall–Kier alpha value is -1.81. The van der Waals surface area contributed by atoms with Crippen molar-refractivity contribution >= 4 is 33.1 Å². The summed E-state index contributed by atoms with van der Waals surface area (Å²) in [5.74, 6) is 0.0868. The van der Waals surface area contributed by atoms with Gasteiger partial charge in [0.2, 0.25) is 0 Å². The molecule has 4 heteroatoms. The number of halogens is 1. The molecule has 0 unspecified atom stereocenters. The number of hydrogen-bond donors (Lipinski definition) is 2. The van der Waals surface area contributed by atoms with Gasteiger partial charge in [-0.2, -0.15) is 0 Å². The van der Waals surface area contributed by atoms with Gasteiger partial charge in [0.25, 0.3) is 0 Å². The number of nitrogens with zero attached hydrogens (tertiary/aromatic N) is 1. The molecule has 0 radical (unpaired) electrons. The smallest absolute Gasteiger partial charge is 0.124 e. The molecule has 0 aromatic heterocycles. The molecule has 2 rings (SSSR count). The van der Waals surface area contributed by atoms with E-state index >= 15 is 0 Å². The molecular weight excluding hydrogens is 326 g/mol. The first-order valence-corrected chi connectivity index (χ1v) is 7.89. The van der Waals surface area contributed by atoms with Crippen LogP contribution in [-0.4, -0.2) is 12.4 Å². The zero-order valence-corrected chi connectivity index (χ0v) is 13.7. The van der Waals surface area contributed by atoms with Gasteiger partial charge in [0.05, 0.1) is 5.69 Å². The van der Waals surface area contributed by atoms with Crippen LogP contribution in [0.4, 0.5) is 11.4 Å². The van der Waals surface area contributed by atoms with E-state index in [4.69, 9.17) is 11.1 Å². The second-order valence-electron chi connectivity index (χ2n) is 4.92. The number of nitrogens with two attached hydrogens (primary N) is 1. The van der Waals surface area contributed by atoms with Crippen LogP contribution < -0.4 is 10.6 Å². The first-order valence-electron chi connectivity index (χ1n) is 7.10. The van der Waals surface area contributed by atoms with Crippen molar-refractivity contribution in [3.8, 4) is 0 Å². The van der Waals surface area contributed by atoms with Crippen molar-refractivity contribution in [3.63, 3.8) is 0 Å². The highest BCUT2D eigenvalue weighted by atomic mass is 79.9. The van der Waals surface area contributed by atoms with E-state index in [0.717, 1.165) is 40.8 Å². The summed E-state index contributed by atoms with van der Waals surface area (Å²) in [6, 6.07) is 16.1. The maximum absolute atomic E-state index is 7.84. The molecule has 0 amide bonds. The van der Waals surface area contributed by atoms with Gasteiger partial charge >= 0.3 is 0 Å². The van der Waals surface area contributed by atoms with Gasteiger partial charge in [-0.15, -0.1) is 0 Å². The van der Waals surface area contributed by atoms with Crippen molar-refractivity contribution in [1.29, 1.82) is 5.41 Å². The van der Waals surface area contributed by atoms with E-state index in [1.54, 1.807) is 0 Å². The van der Waals surface area contributed by atoms with Crippen molar-refractivity contribution in [2.45, 2.75) is 19.8 Å². The third kappa shape index (κ3) is 3.85. The van der Waals surface area contributed by atoms with E-state index in [-0.39, 0.29) is 5.84 Å². The Morgan fingerprint density at radius 2 is 1.90 bits per heavy atom. The monoisotopic (exact) mass is 345 g/mol. The second-order valence-corrected chi connectivity index (χ2v) is 5.83. The Labute approximate surface area is 134 Å². The molecule has 0 saturated heterocycles. The molecule has 0 aliphatic rings. The lowest BCUT2D eigenvalue weighted by Crippen LogP contribution is -2.23. The molecule has 0 aliphatic carbocycles. The molecule has 2 aromatic carbocycles. The first kappa shape index (κ1) is 15.6. The molecule has 0 heterocycles. The maximum atomic E-state index is 7.84. The van der Waals surface area contributed by atoms with E-state index in [1.807, 2.05) is 36.4 Å². The van der Waals surface area contributed by atoms with Gasteiger partial charge in [-0.3, -0.25) is 5.41 Å². The lowest BCUT2D eigenvalue weighted by molar-refractivity contribution is 0.785. The lowest BCUT2D eigenvalue weighted by Gasteiger charge is -2.27. The number of para-hydroxylation sites is 1. The van der Waals surface area contributed by atoms with Gasteiger partial charge in [0, 0.05) is 22.3 Å². The molecule has 0 aliphatic heterocycles. The summed E-state index contributed by atoms with van der Waals surface area (Å²) in [5, 5.41) is 7.84. The fraction of sp³-hybridized carbons (Fsp3) is 0.235. The SMILES string of the molecule is CCCCN(c1ccccc1)c1ccc(Br)cc1C(=N)N. The summed E-state index contributed by atoms with van der Waals surface area (Å²) in [6.45, 7) is 3.08. The first-order chi connectivity index (χ1) is 10.1. The molecule has 3 nitrogen and oxygen atoms in total. The van der Waals surface area contributed by atoms with E-state index in [9.17, 15) is 0 Å². The quantitative estimate of drug-likeness (QED) is 0.590. The van der Waals surface area contributed by atoms with Crippen LogP contribution in [0.2, 0.25) is 0 Å². The van der Waals surface area contributed by atoms with E-state index in [0.29, 0.717) is 0 Å². The molecule has 0 bridgehead atoms. The zero-order valence-electron chi connectivity index (χ0n) is 12.1. The molecule has 0 atom stereocenters. The van der Waals surface area contributed by atoms with Crippen LogP contribution in [0, 0.1) is 5.41 Å². The van der Waals surface area contributed by atoms with Gasteiger partial charge in [0.15, 0.2) is 0 Å². The summed E-state index contributed by atoms with van der Waals surface area (Å²) in [5.41, 5.74) is 8.62. The molecule has 2 aromatic rings. The number of benzene rings is 2. The van der Waals surface area contributed by atoms with Crippen LogP contribution in [0.3, 0.4) is 0 Å². The molecule has 110 valence electrons. The van der Waals surface area contributed by atoms with Crippen molar-refractivity contribution in [3.05, 3.63) is 58.6 Å². The minimum absolute atomic E-state index is 0.0868. The Balaban J connectivity index is 2.48. The average molecular weight is 346 g/mol. The molecule has 21 heavy (non-hydrogen) atoms. The standard InChI is InChI=1S/C17H20BrN3/c1-2-3-11-21(14-7-5-4-6-8-14)16-10-9-13(18)12-15(16)17(19)20/h4-10,12H,2-3,11H2,1H3,(H3,19,20). The highest BCUT2D eigenvalue weighted by Gasteiger charge is 2.15. The molecule has 0 fully saturated rings. The van der Waals surface area contributed by atoms with Crippen molar-refractivity contribution in [2.24, 2.45) is 5.73 Å². The number of nitrogens with one attached hydrogen (secondary N) is 1. The predicted molar refractivity (Wildman–Crippen MR) is 93.5 cm³/mol. The summed E-state index contributed by atoms with van der Waals surface area (Å²) >= 11 is 3.45. The molecule has 3 N–H and O–H groups in total. The van der Waals surface area contributed by atoms with Crippen LogP contribution >= 0.6 is 15.9 Å². The van der Waals surface area contributed by atoms with Gasteiger partial charge < -0.3 is 10.6 Å². The van der Waals surface area contributed by atoms with Crippen LogP contribution in [0.15, 0.2) is 53.0 Å². The van der Waals surface area contributed by atoms with E-state index in [1.165, 1.54) is 0 Å². The number of anilines is 2. The average Bonchev–Trinajstić information content (AvgIpc) is 2.49. The number of nitrogen functional groups attached to an aromatic ring is 1. The normalized spacial score (nSPS) is 10.4. The van der Waals surface area contributed by atoms with Gasteiger partial charge in [-0.1, -0.05) is 47.5 Å². The van der Waals surface area contributed by atoms with Crippen LogP contribution in [0.1, 0.15) is 25.3 Å². The third-order valence-electron chi connectivity index (χ3n) is 3.34. The largest absolute Gasteiger partial charge is 0.384 e. The van der Waals surface area contributed by atoms with Crippen LogP contribution in [-0.2, 0) is 0 Å². The van der Waals surface area contributed by atoms with Crippen molar-refractivity contribution < 1.29 is 0 Å². The zero-order chi connectivity index (χ0) is 15.2. The Bertz CT molecular complexity index is 611. The molecule has 0 saturated carbocycles. The van der Waals surface area contributed by atoms with Crippen LogP contribution in [0.5, 0.6) is 0 Å². The van der Waals surface area contributed by atoms with E-state index < -0.39 is 0 Å². The highest BCUT2D eigenvalue weighted by molar-refractivity contribution is 9.10. The molecule has 0 spiro atoms. The fourth-order valence-electron chi connectivity index (χ4n) is 2.27. The summed E-state index contributed by atoms with van der Waals surface area (Å²) in [7, 11) is 0. The van der Waals surface area contributed by atoms with Gasteiger partial charge in [-0.25, -0.2) is 0 Å².